The molecule has 1 amide bonds. The second-order valence-electron chi connectivity index (χ2n) is 16.8. The van der Waals surface area contributed by atoms with Crippen LogP contribution in [0.25, 0.3) is 11.1 Å². The van der Waals surface area contributed by atoms with Crippen LogP contribution in [0.1, 0.15) is 91.8 Å². The third kappa shape index (κ3) is 9.37. The number of nitrogens with one attached hydrogen (secondary N) is 1. The zero-order chi connectivity index (χ0) is 41.0. The molecule has 1 aromatic heterocycles. The molecule has 3 heterocycles. The van der Waals surface area contributed by atoms with Crippen LogP contribution in [-0.2, 0) is 29.0 Å². The van der Waals surface area contributed by atoms with E-state index in [1.807, 2.05) is 92.7 Å². The van der Waals surface area contributed by atoms with Crippen molar-refractivity contribution < 1.29 is 28.9 Å². The van der Waals surface area contributed by atoms with Gasteiger partial charge in [0.25, 0.3) is 0 Å². The second-order valence-corrected chi connectivity index (χ2v) is 16.8. The van der Waals surface area contributed by atoms with Gasteiger partial charge in [0, 0.05) is 30.9 Å². The highest BCUT2D eigenvalue weighted by Crippen LogP contribution is 2.42. The van der Waals surface area contributed by atoms with Crippen LogP contribution in [0.3, 0.4) is 0 Å². The van der Waals surface area contributed by atoms with Gasteiger partial charge in [-0.05, 0) is 113 Å². The lowest BCUT2D eigenvalue weighted by molar-refractivity contribution is -0.143. The number of benzene rings is 4. The molecule has 0 aliphatic carbocycles. The first-order valence-electron chi connectivity index (χ1n) is 20.4. The van der Waals surface area contributed by atoms with Crippen LogP contribution in [-0.4, -0.2) is 52.2 Å². The summed E-state index contributed by atoms with van der Waals surface area (Å²) in [6, 6.07) is 30.3. The van der Waals surface area contributed by atoms with Crippen LogP contribution >= 0.6 is 0 Å². The number of aryl methyl sites for hydroxylation is 1. The number of carboxylic acid groups (broad SMARTS) is 1. The summed E-state index contributed by atoms with van der Waals surface area (Å²) < 4.78 is 18.9. The number of carbonyl (C=O) groups is 2. The normalized spacial score (nSPS) is 17.5. The van der Waals surface area contributed by atoms with E-state index in [0.717, 1.165) is 68.8 Å². The van der Waals surface area contributed by atoms with Crippen LogP contribution in [0.2, 0.25) is 0 Å². The summed E-state index contributed by atoms with van der Waals surface area (Å²) in [5.41, 5.74) is 9.37. The first-order chi connectivity index (χ1) is 27.9. The molecule has 58 heavy (non-hydrogen) atoms. The van der Waals surface area contributed by atoms with Crippen LogP contribution < -0.4 is 19.5 Å². The molecule has 9 heteroatoms. The number of fused-ring (bicyclic) bond motifs is 2. The van der Waals surface area contributed by atoms with Crippen LogP contribution in [0.15, 0.2) is 103 Å². The van der Waals surface area contributed by atoms with Crippen molar-refractivity contribution in [3.05, 3.63) is 142 Å². The van der Waals surface area contributed by atoms with E-state index in [2.05, 4.69) is 61.1 Å². The minimum atomic E-state index is -1.11. The van der Waals surface area contributed by atoms with Gasteiger partial charge >= 0.3 is 5.97 Å². The first-order valence-corrected chi connectivity index (χ1v) is 20.4. The maximum absolute atomic E-state index is 14.4. The molecule has 7 rings (SSSR count). The van der Waals surface area contributed by atoms with Crippen LogP contribution in [0.5, 0.6) is 17.2 Å². The number of aliphatic carboxylic acids is 1. The topological polar surface area (TPSA) is 110 Å². The number of amides is 1. The van der Waals surface area contributed by atoms with Crippen molar-refractivity contribution in [1.82, 2.24) is 15.2 Å². The number of rotatable bonds is 13. The summed E-state index contributed by atoms with van der Waals surface area (Å²) >= 11 is 0. The summed E-state index contributed by atoms with van der Waals surface area (Å²) in [6.45, 7) is 14.3. The molecule has 5 aromatic rings. The van der Waals surface area contributed by atoms with Crippen molar-refractivity contribution in [1.29, 1.82) is 0 Å². The second kappa shape index (κ2) is 17.4. The standard InChI is InChI=1S/C49H55N3O6/c1-7-42(35-11-9-8-10-12-35)52-29-38-28-45-44(57-30-46(58-45)36-17-19-39(20-18-36)56-24-22-49(4,5)6)27-37(38)26-43(52)47(53)51-41(48(54)55)25-33-13-15-34(16-14-33)40-21-23-50-32(3)31(40)2/h8-21,23,27-28,41-43,46H,7,22,24-26,29-30H2,1-6H3,(H,51,53)(H,54,55)/t41?,42-,43-,46+/m0/s1. The number of ether oxygens (including phenoxy) is 3. The van der Waals surface area contributed by atoms with E-state index >= 15 is 0 Å². The van der Waals surface area contributed by atoms with E-state index < -0.39 is 18.1 Å². The van der Waals surface area contributed by atoms with Crippen molar-refractivity contribution in [2.24, 2.45) is 5.41 Å². The Morgan fingerprint density at radius 3 is 2.36 bits per heavy atom. The van der Waals surface area contributed by atoms with Gasteiger partial charge in [0.15, 0.2) is 17.6 Å². The quantitative estimate of drug-likeness (QED) is 0.122. The number of pyridine rings is 1. The number of hydrogen-bond acceptors (Lipinski definition) is 7. The van der Waals surface area contributed by atoms with Crippen molar-refractivity contribution in [2.45, 2.75) is 98.0 Å². The summed E-state index contributed by atoms with van der Waals surface area (Å²) in [6.07, 6.45) is 3.79. The van der Waals surface area contributed by atoms with Crippen molar-refractivity contribution in [3.8, 4) is 28.4 Å². The van der Waals surface area contributed by atoms with E-state index in [1.54, 1.807) is 6.20 Å². The zero-order valence-corrected chi connectivity index (χ0v) is 34.5. The fraction of sp³-hybridized carbons (Fsp3) is 0.367. The lowest BCUT2D eigenvalue weighted by Gasteiger charge is -2.42. The molecule has 0 radical (unpaired) electrons. The van der Waals surface area contributed by atoms with Crippen molar-refractivity contribution in [2.75, 3.05) is 13.2 Å². The minimum Gasteiger partial charge on any atom is -0.494 e. The van der Waals surface area contributed by atoms with Crippen LogP contribution in [0, 0.1) is 19.3 Å². The van der Waals surface area contributed by atoms with E-state index in [1.165, 1.54) is 0 Å². The van der Waals surface area contributed by atoms with Crippen molar-refractivity contribution >= 4 is 11.9 Å². The maximum atomic E-state index is 14.4. The number of aromatic nitrogens is 1. The minimum absolute atomic E-state index is 0.0775. The SMILES string of the molecule is CC[C@@H](c1ccccc1)N1Cc2cc3c(cc2C[C@H]1C(=O)NC(Cc1ccc(-c2ccnc(C)c2C)cc1)C(=O)O)OC[C@H](c1ccc(OCCC(C)(C)C)cc1)O3. The van der Waals surface area contributed by atoms with Gasteiger partial charge in [-0.15, -0.1) is 0 Å². The molecular weight excluding hydrogens is 727 g/mol. The third-order valence-corrected chi connectivity index (χ3v) is 11.5. The van der Waals surface area contributed by atoms with Gasteiger partial charge in [0.1, 0.15) is 18.4 Å². The summed E-state index contributed by atoms with van der Waals surface area (Å²) in [7, 11) is 0. The van der Waals surface area contributed by atoms with Gasteiger partial charge in [0.2, 0.25) is 5.91 Å². The van der Waals surface area contributed by atoms with E-state index in [0.29, 0.717) is 37.7 Å². The Morgan fingerprint density at radius 2 is 1.67 bits per heavy atom. The Morgan fingerprint density at radius 1 is 0.948 bits per heavy atom. The Hall–Kier alpha value is -5.67. The number of carbonyl (C=O) groups excluding carboxylic acids is 1. The first kappa shape index (κ1) is 40.5. The molecule has 4 atom stereocenters. The lowest BCUT2D eigenvalue weighted by atomic mass is 9.89. The monoisotopic (exact) mass is 781 g/mol. The van der Waals surface area contributed by atoms with E-state index in [-0.39, 0.29) is 29.9 Å². The van der Waals surface area contributed by atoms with Gasteiger partial charge in [0.05, 0.1) is 12.6 Å². The molecule has 0 saturated carbocycles. The Balaban J connectivity index is 1.10. The zero-order valence-electron chi connectivity index (χ0n) is 34.5. The molecule has 4 aromatic carbocycles. The summed E-state index contributed by atoms with van der Waals surface area (Å²) in [5, 5.41) is 13.3. The predicted octanol–water partition coefficient (Wildman–Crippen LogP) is 9.38. The Labute approximate surface area is 342 Å². The number of carboxylic acids is 1. The molecule has 9 nitrogen and oxygen atoms in total. The maximum Gasteiger partial charge on any atom is 0.326 e. The fourth-order valence-corrected chi connectivity index (χ4v) is 7.97. The molecule has 0 fully saturated rings. The highest BCUT2D eigenvalue weighted by Gasteiger charge is 2.39. The highest BCUT2D eigenvalue weighted by atomic mass is 16.6. The van der Waals surface area contributed by atoms with E-state index in [9.17, 15) is 14.7 Å². The molecule has 1 unspecified atom stereocenters. The third-order valence-electron chi connectivity index (χ3n) is 11.5. The molecular formula is C49H55N3O6. The van der Waals surface area contributed by atoms with E-state index in [4.69, 9.17) is 14.2 Å². The molecule has 0 bridgehead atoms. The van der Waals surface area contributed by atoms with Gasteiger partial charge in [-0.25, -0.2) is 4.79 Å². The average Bonchev–Trinajstić information content (AvgIpc) is 3.21. The van der Waals surface area contributed by atoms with Gasteiger partial charge in [-0.3, -0.25) is 14.7 Å². The summed E-state index contributed by atoms with van der Waals surface area (Å²) in [5.74, 6) is 0.754. The Bertz CT molecular complexity index is 2220. The van der Waals surface area contributed by atoms with Gasteiger partial charge in [-0.1, -0.05) is 94.4 Å². The Kier molecular flexibility index (Phi) is 12.2. The number of nitrogens with zero attached hydrogens (tertiary/aromatic N) is 2. The smallest absolute Gasteiger partial charge is 0.326 e. The van der Waals surface area contributed by atoms with Gasteiger partial charge in [-0.2, -0.15) is 0 Å². The number of hydrogen-bond donors (Lipinski definition) is 2. The molecule has 2 aliphatic rings. The molecule has 2 aliphatic heterocycles. The predicted molar refractivity (Wildman–Crippen MR) is 226 cm³/mol. The lowest BCUT2D eigenvalue weighted by Crippen LogP contribution is -2.55. The average molecular weight is 782 g/mol. The van der Waals surface area contributed by atoms with Crippen molar-refractivity contribution in [3.63, 3.8) is 0 Å². The molecule has 0 spiro atoms. The molecule has 302 valence electrons. The largest absolute Gasteiger partial charge is 0.494 e. The fourth-order valence-electron chi connectivity index (χ4n) is 7.97. The molecule has 2 N–H and O–H groups in total. The van der Waals surface area contributed by atoms with Crippen LogP contribution in [0.4, 0.5) is 0 Å². The summed E-state index contributed by atoms with van der Waals surface area (Å²) in [4.78, 5) is 33.7. The van der Waals surface area contributed by atoms with Gasteiger partial charge < -0.3 is 24.6 Å². The molecule has 0 saturated heterocycles. The highest BCUT2D eigenvalue weighted by molar-refractivity contribution is 5.87.